The second-order valence-electron chi connectivity index (χ2n) is 3.44. The molecule has 0 heterocycles. The maximum Gasteiger partial charge on any atom is 0.117 e. The molecule has 0 spiro atoms. The molecule has 3 heteroatoms. The average Bonchev–Trinajstić information content (AvgIpc) is 2.03. The molecule has 0 aliphatic carbocycles. The van der Waals surface area contributed by atoms with Crippen LogP contribution in [0.2, 0.25) is 0 Å². The van der Waals surface area contributed by atoms with Crippen LogP contribution >= 0.6 is 0 Å². The molecule has 0 amide bonds. The lowest BCUT2D eigenvalue weighted by atomic mass is 10.00. The van der Waals surface area contributed by atoms with E-state index in [-0.39, 0.29) is 0 Å². The van der Waals surface area contributed by atoms with Crippen LogP contribution in [0.5, 0.6) is 0 Å². The highest BCUT2D eigenvalue weighted by molar-refractivity contribution is 5.78. The number of nitrogens with one attached hydrogen (secondary N) is 1. The first kappa shape index (κ1) is 11.4. The smallest absolute Gasteiger partial charge is 0.117 e. The van der Waals surface area contributed by atoms with Crippen LogP contribution < -0.4 is 5.48 Å². The third kappa shape index (κ3) is 5.13. The Kier molecular flexibility index (Phi) is 5.72. The van der Waals surface area contributed by atoms with Crippen LogP contribution in [-0.2, 0) is 4.84 Å². The van der Waals surface area contributed by atoms with Crippen LogP contribution in [0, 0.1) is 11.8 Å². The number of hydrogen-bond donors (Lipinski definition) is 1. The number of hydrogen-bond acceptors (Lipinski definition) is 2. The fraction of sp³-hybridized carbons (Fsp3) is 0.889. The van der Waals surface area contributed by atoms with Crippen molar-refractivity contribution in [3.63, 3.8) is 0 Å². The van der Waals surface area contributed by atoms with E-state index < -0.39 is 0 Å². The van der Waals surface area contributed by atoms with E-state index in [4.69, 9.17) is 4.84 Å². The summed E-state index contributed by atoms with van der Waals surface area (Å²) in [6.45, 7) is 9.15. The van der Waals surface area contributed by atoms with Crippen LogP contribution in [0.25, 0.3) is 0 Å². The highest BCUT2D eigenvalue weighted by Crippen LogP contribution is 2.08. The lowest BCUT2D eigenvalue weighted by molar-refractivity contribution is 0.0477. The number of nitrogens with zero attached hydrogens (tertiary/aromatic N) is 1. The van der Waals surface area contributed by atoms with Crippen molar-refractivity contribution in [2.24, 2.45) is 16.8 Å². The summed E-state index contributed by atoms with van der Waals surface area (Å²) in [5.41, 5.74) is 2.77. The predicted molar refractivity (Wildman–Crippen MR) is 52.1 cm³/mol. The van der Waals surface area contributed by atoms with Crippen molar-refractivity contribution in [1.82, 2.24) is 5.48 Å². The first-order valence-electron chi connectivity index (χ1n) is 4.39. The molecular formula is C9H20N2O. The molecule has 1 atom stereocenters. The fourth-order valence-corrected chi connectivity index (χ4v) is 0.516. The van der Waals surface area contributed by atoms with Crippen LogP contribution in [0.3, 0.4) is 0 Å². The van der Waals surface area contributed by atoms with Gasteiger partial charge < -0.3 is 0 Å². The molecular weight excluding hydrogens is 152 g/mol. The maximum absolute atomic E-state index is 5.23. The van der Waals surface area contributed by atoms with E-state index in [1.165, 1.54) is 0 Å². The van der Waals surface area contributed by atoms with Crippen molar-refractivity contribution in [2.75, 3.05) is 13.7 Å². The van der Waals surface area contributed by atoms with Gasteiger partial charge >= 0.3 is 0 Å². The number of hydroxylamine groups is 1. The van der Waals surface area contributed by atoms with E-state index in [1.807, 2.05) is 6.92 Å². The van der Waals surface area contributed by atoms with Gasteiger partial charge in [0.15, 0.2) is 0 Å². The summed E-state index contributed by atoms with van der Waals surface area (Å²) in [5.74, 6) is 2.04. The van der Waals surface area contributed by atoms with Gasteiger partial charge in [0.2, 0.25) is 0 Å². The molecule has 0 rings (SSSR count). The summed E-state index contributed by atoms with van der Waals surface area (Å²) >= 11 is 0. The van der Waals surface area contributed by atoms with Gasteiger partial charge in [-0.05, 0) is 18.8 Å². The van der Waals surface area contributed by atoms with Crippen LogP contribution in [0.15, 0.2) is 4.99 Å². The molecule has 0 saturated carbocycles. The first-order valence-corrected chi connectivity index (χ1v) is 4.39. The number of aliphatic imine (C=N–C) groups is 1. The Bertz CT molecular complexity index is 143. The Labute approximate surface area is 75.2 Å². The third-order valence-electron chi connectivity index (χ3n) is 2.04. The van der Waals surface area contributed by atoms with E-state index in [9.17, 15) is 0 Å². The minimum Gasteiger partial charge on any atom is -0.275 e. The quantitative estimate of drug-likeness (QED) is 0.399. The lowest BCUT2D eigenvalue weighted by Gasteiger charge is -2.15. The normalized spacial score (nSPS) is 15.0. The van der Waals surface area contributed by atoms with E-state index >= 15 is 0 Å². The van der Waals surface area contributed by atoms with Gasteiger partial charge in [0, 0.05) is 7.05 Å². The van der Waals surface area contributed by atoms with Gasteiger partial charge in [-0.15, -0.1) is 0 Å². The van der Waals surface area contributed by atoms with Gasteiger partial charge in [-0.1, -0.05) is 20.8 Å². The molecule has 1 unspecified atom stereocenters. The highest BCUT2D eigenvalue weighted by Gasteiger charge is 2.06. The second kappa shape index (κ2) is 6.00. The zero-order chi connectivity index (χ0) is 9.56. The van der Waals surface area contributed by atoms with E-state index in [0.29, 0.717) is 11.8 Å². The predicted octanol–water partition coefficient (Wildman–Crippen LogP) is 1.85. The second-order valence-corrected chi connectivity index (χ2v) is 3.44. The Hall–Kier alpha value is -0.570. The molecule has 0 aromatic rings. The van der Waals surface area contributed by atoms with Crippen molar-refractivity contribution in [2.45, 2.75) is 27.7 Å². The molecule has 1 N–H and O–H groups in total. The maximum atomic E-state index is 5.23. The van der Waals surface area contributed by atoms with Gasteiger partial charge in [0.1, 0.15) is 5.84 Å². The standard InChI is InChI=1S/C9H20N2O/c1-7(2)8(3)6-12-11-9(4)10-5/h7-8H,6H2,1-5H3,(H,10,11). The molecule has 3 nitrogen and oxygen atoms in total. The van der Waals surface area contributed by atoms with E-state index in [2.05, 4.69) is 31.2 Å². The van der Waals surface area contributed by atoms with Gasteiger partial charge in [-0.3, -0.25) is 15.3 Å². The minimum absolute atomic E-state index is 0.571. The first-order chi connectivity index (χ1) is 5.57. The summed E-state index contributed by atoms with van der Waals surface area (Å²) in [7, 11) is 1.73. The Morgan fingerprint density at radius 3 is 2.42 bits per heavy atom. The molecule has 0 fully saturated rings. The van der Waals surface area contributed by atoms with E-state index in [0.717, 1.165) is 12.4 Å². The summed E-state index contributed by atoms with van der Waals surface area (Å²) in [5, 5.41) is 0. The largest absolute Gasteiger partial charge is 0.275 e. The monoisotopic (exact) mass is 172 g/mol. The SMILES string of the molecule is CN=C(C)NOCC(C)C(C)C. The highest BCUT2D eigenvalue weighted by atomic mass is 16.6. The molecule has 0 bridgehead atoms. The number of rotatable bonds is 4. The van der Waals surface area contributed by atoms with Crippen molar-refractivity contribution in [3.8, 4) is 0 Å². The van der Waals surface area contributed by atoms with Gasteiger partial charge in [-0.25, -0.2) is 0 Å². The Morgan fingerprint density at radius 2 is 2.00 bits per heavy atom. The van der Waals surface area contributed by atoms with Crippen molar-refractivity contribution >= 4 is 5.84 Å². The van der Waals surface area contributed by atoms with Crippen LogP contribution in [0.4, 0.5) is 0 Å². The molecule has 0 radical (unpaired) electrons. The van der Waals surface area contributed by atoms with Crippen molar-refractivity contribution < 1.29 is 4.84 Å². The number of amidine groups is 1. The van der Waals surface area contributed by atoms with Gasteiger partial charge in [0.05, 0.1) is 6.61 Å². The molecule has 72 valence electrons. The van der Waals surface area contributed by atoms with Gasteiger partial charge in [0.25, 0.3) is 0 Å². The minimum atomic E-state index is 0.571. The molecule has 0 aliphatic heterocycles. The Morgan fingerprint density at radius 1 is 1.42 bits per heavy atom. The molecule has 0 saturated heterocycles. The van der Waals surface area contributed by atoms with E-state index in [1.54, 1.807) is 7.05 Å². The van der Waals surface area contributed by atoms with Crippen molar-refractivity contribution in [3.05, 3.63) is 0 Å². The van der Waals surface area contributed by atoms with Crippen molar-refractivity contribution in [1.29, 1.82) is 0 Å². The average molecular weight is 172 g/mol. The fourth-order valence-electron chi connectivity index (χ4n) is 0.516. The van der Waals surface area contributed by atoms with Crippen LogP contribution in [0.1, 0.15) is 27.7 Å². The molecule has 12 heavy (non-hydrogen) atoms. The molecule has 0 aromatic heterocycles. The summed E-state index contributed by atoms with van der Waals surface area (Å²) < 4.78 is 0. The third-order valence-corrected chi connectivity index (χ3v) is 2.04. The Balaban J connectivity index is 3.43. The summed E-state index contributed by atoms with van der Waals surface area (Å²) in [4.78, 5) is 9.14. The van der Waals surface area contributed by atoms with Gasteiger partial charge in [-0.2, -0.15) is 0 Å². The zero-order valence-corrected chi connectivity index (χ0v) is 8.72. The lowest BCUT2D eigenvalue weighted by Crippen LogP contribution is -2.25. The van der Waals surface area contributed by atoms with Crippen LogP contribution in [-0.4, -0.2) is 19.5 Å². The molecule has 0 aliphatic rings. The summed E-state index contributed by atoms with van der Waals surface area (Å²) in [6, 6.07) is 0. The molecule has 0 aromatic carbocycles. The summed E-state index contributed by atoms with van der Waals surface area (Å²) in [6.07, 6.45) is 0. The zero-order valence-electron chi connectivity index (χ0n) is 8.72. The topological polar surface area (TPSA) is 33.6 Å².